The standard InChI is InChI=1S/C17H20N8O/c18-14-7-17(22-10-21-14)25-9-13(26)6-12(25)8-20-15-2-1-3-16(23-15)24-5-4-19-11-24/h1-5,7,10-13,26H,6,8-9H2,(H,20,23)(H2,18,21,22)/t12-,13-/m1/s1. The number of imidazole rings is 1. The molecular weight excluding hydrogens is 332 g/mol. The molecule has 9 heteroatoms. The highest BCUT2D eigenvalue weighted by atomic mass is 16.3. The molecule has 1 aliphatic heterocycles. The van der Waals surface area contributed by atoms with Crippen molar-refractivity contribution >= 4 is 17.5 Å². The average Bonchev–Trinajstić information content (AvgIpc) is 3.30. The molecule has 0 aliphatic carbocycles. The van der Waals surface area contributed by atoms with Crippen LogP contribution in [0.3, 0.4) is 0 Å². The van der Waals surface area contributed by atoms with Gasteiger partial charge in [-0.3, -0.25) is 4.57 Å². The molecule has 1 fully saturated rings. The van der Waals surface area contributed by atoms with Crippen LogP contribution in [0.15, 0.2) is 49.3 Å². The molecule has 0 radical (unpaired) electrons. The van der Waals surface area contributed by atoms with E-state index in [1.54, 1.807) is 18.6 Å². The fourth-order valence-electron chi connectivity index (χ4n) is 3.17. The van der Waals surface area contributed by atoms with E-state index in [-0.39, 0.29) is 6.04 Å². The third-order valence-corrected chi connectivity index (χ3v) is 4.38. The monoisotopic (exact) mass is 352 g/mol. The second-order valence-corrected chi connectivity index (χ2v) is 6.23. The summed E-state index contributed by atoms with van der Waals surface area (Å²) >= 11 is 0. The van der Waals surface area contributed by atoms with E-state index >= 15 is 0 Å². The van der Waals surface area contributed by atoms with Gasteiger partial charge in [-0.05, 0) is 18.6 Å². The topological polar surface area (TPSA) is 118 Å². The van der Waals surface area contributed by atoms with Crippen molar-refractivity contribution in [3.05, 3.63) is 49.3 Å². The van der Waals surface area contributed by atoms with Crippen molar-refractivity contribution < 1.29 is 5.11 Å². The van der Waals surface area contributed by atoms with Crippen LogP contribution in [-0.4, -0.2) is 54.8 Å². The Hall–Kier alpha value is -3.20. The number of hydrogen-bond donors (Lipinski definition) is 3. The molecular formula is C17H20N8O. The predicted molar refractivity (Wildman–Crippen MR) is 98.1 cm³/mol. The van der Waals surface area contributed by atoms with E-state index < -0.39 is 6.10 Å². The first-order valence-corrected chi connectivity index (χ1v) is 8.40. The fraction of sp³-hybridized carbons (Fsp3) is 0.294. The number of aromatic nitrogens is 5. The summed E-state index contributed by atoms with van der Waals surface area (Å²) in [5.74, 6) is 2.69. The lowest BCUT2D eigenvalue weighted by Crippen LogP contribution is -2.35. The SMILES string of the molecule is Nc1cc(N2C[C@H](O)C[C@@H]2CNc2cccc(-n3ccnc3)n2)ncn1. The summed E-state index contributed by atoms with van der Waals surface area (Å²) in [4.78, 5) is 18.9. The first-order valence-electron chi connectivity index (χ1n) is 8.40. The Labute approximate surface area is 150 Å². The fourth-order valence-corrected chi connectivity index (χ4v) is 3.17. The second-order valence-electron chi connectivity index (χ2n) is 6.23. The molecule has 0 amide bonds. The van der Waals surface area contributed by atoms with Crippen molar-refractivity contribution in [1.82, 2.24) is 24.5 Å². The van der Waals surface area contributed by atoms with Crippen molar-refractivity contribution in [2.24, 2.45) is 0 Å². The molecule has 0 spiro atoms. The van der Waals surface area contributed by atoms with Crippen LogP contribution in [0.2, 0.25) is 0 Å². The molecule has 0 unspecified atom stereocenters. The maximum absolute atomic E-state index is 10.1. The molecule has 26 heavy (non-hydrogen) atoms. The van der Waals surface area contributed by atoms with E-state index in [0.29, 0.717) is 25.3 Å². The largest absolute Gasteiger partial charge is 0.391 e. The van der Waals surface area contributed by atoms with Gasteiger partial charge in [0.05, 0.1) is 12.1 Å². The van der Waals surface area contributed by atoms with Crippen molar-refractivity contribution in [2.75, 3.05) is 29.0 Å². The summed E-state index contributed by atoms with van der Waals surface area (Å²) in [7, 11) is 0. The lowest BCUT2D eigenvalue weighted by molar-refractivity contribution is 0.194. The van der Waals surface area contributed by atoms with Crippen molar-refractivity contribution in [1.29, 1.82) is 0 Å². The third kappa shape index (κ3) is 3.42. The van der Waals surface area contributed by atoms with Crippen LogP contribution in [-0.2, 0) is 0 Å². The van der Waals surface area contributed by atoms with E-state index in [2.05, 4.69) is 30.2 Å². The molecule has 9 nitrogen and oxygen atoms in total. The molecule has 134 valence electrons. The normalized spacial score (nSPS) is 19.7. The number of β-amino-alcohol motifs (C(OH)–C–C–N with tert-alkyl or cyclic N) is 1. The number of nitrogen functional groups attached to an aromatic ring is 1. The average molecular weight is 352 g/mol. The maximum atomic E-state index is 10.1. The molecule has 3 aromatic heterocycles. The molecule has 0 aromatic carbocycles. The van der Waals surface area contributed by atoms with E-state index in [1.165, 1.54) is 6.33 Å². The van der Waals surface area contributed by atoms with Gasteiger partial charge in [0.1, 0.15) is 35.9 Å². The number of rotatable bonds is 5. The highest BCUT2D eigenvalue weighted by Crippen LogP contribution is 2.25. The number of pyridine rings is 1. The summed E-state index contributed by atoms with van der Waals surface area (Å²) in [6.45, 7) is 1.15. The molecule has 4 heterocycles. The van der Waals surface area contributed by atoms with Crippen LogP contribution >= 0.6 is 0 Å². The minimum absolute atomic E-state index is 0.0815. The number of aliphatic hydroxyl groups is 1. The Balaban J connectivity index is 1.47. The first kappa shape index (κ1) is 16.3. The van der Waals surface area contributed by atoms with Crippen molar-refractivity contribution in [2.45, 2.75) is 18.6 Å². The lowest BCUT2D eigenvalue weighted by Gasteiger charge is -2.25. The van der Waals surface area contributed by atoms with Crippen molar-refractivity contribution in [3.63, 3.8) is 0 Å². The van der Waals surface area contributed by atoms with Gasteiger partial charge in [0, 0.05) is 31.5 Å². The van der Waals surface area contributed by atoms with E-state index in [4.69, 9.17) is 5.73 Å². The number of nitrogens with zero attached hydrogens (tertiary/aromatic N) is 6. The highest BCUT2D eigenvalue weighted by molar-refractivity contribution is 5.49. The van der Waals surface area contributed by atoms with Crippen LogP contribution in [0.1, 0.15) is 6.42 Å². The van der Waals surface area contributed by atoms with Crippen LogP contribution < -0.4 is 16.0 Å². The lowest BCUT2D eigenvalue weighted by atomic mass is 10.2. The van der Waals surface area contributed by atoms with Gasteiger partial charge >= 0.3 is 0 Å². The van der Waals surface area contributed by atoms with Gasteiger partial charge < -0.3 is 21.1 Å². The van der Waals surface area contributed by atoms with Crippen molar-refractivity contribution in [3.8, 4) is 5.82 Å². The summed E-state index contributed by atoms with van der Waals surface area (Å²) in [6, 6.07) is 7.58. The molecule has 1 saturated heterocycles. The summed E-state index contributed by atoms with van der Waals surface area (Å²) in [6.07, 6.45) is 6.96. The number of aliphatic hydroxyl groups excluding tert-OH is 1. The van der Waals surface area contributed by atoms with Crippen LogP contribution in [0.5, 0.6) is 0 Å². The molecule has 4 N–H and O–H groups in total. The Bertz CT molecular complexity index is 869. The smallest absolute Gasteiger partial charge is 0.140 e. The molecule has 1 aliphatic rings. The summed E-state index contributed by atoms with van der Waals surface area (Å²) in [5, 5.41) is 13.4. The van der Waals surface area contributed by atoms with Gasteiger partial charge in [0.2, 0.25) is 0 Å². The summed E-state index contributed by atoms with van der Waals surface area (Å²) in [5.41, 5.74) is 5.76. The third-order valence-electron chi connectivity index (χ3n) is 4.38. The first-order chi connectivity index (χ1) is 12.7. The number of nitrogens with two attached hydrogens (primary N) is 1. The van der Waals surface area contributed by atoms with E-state index in [9.17, 15) is 5.11 Å². The minimum atomic E-state index is -0.400. The zero-order valence-corrected chi connectivity index (χ0v) is 14.1. The zero-order chi connectivity index (χ0) is 17.9. The molecule has 4 rings (SSSR count). The Morgan fingerprint density at radius 1 is 1.27 bits per heavy atom. The van der Waals surface area contributed by atoms with Gasteiger partial charge in [0.15, 0.2) is 0 Å². The molecule has 0 bridgehead atoms. The highest BCUT2D eigenvalue weighted by Gasteiger charge is 2.31. The molecule has 3 aromatic rings. The second kappa shape index (κ2) is 6.96. The predicted octanol–water partition coefficient (Wildman–Crippen LogP) is 0.691. The van der Waals surface area contributed by atoms with Crippen LogP contribution in [0.4, 0.5) is 17.5 Å². The molecule has 0 saturated carbocycles. The quantitative estimate of drug-likeness (QED) is 0.614. The van der Waals surface area contributed by atoms with Gasteiger partial charge in [-0.1, -0.05) is 6.07 Å². The Kier molecular flexibility index (Phi) is 4.36. The zero-order valence-electron chi connectivity index (χ0n) is 14.1. The van der Waals surface area contributed by atoms with Crippen LogP contribution in [0.25, 0.3) is 5.82 Å². The number of anilines is 3. The van der Waals surface area contributed by atoms with E-state index in [1.807, 2.05) is 29.0 Å². The minimum Gasteiger partial charge on any atom is -0.391 e. The van der Waals surface area contributed by atoms with Gasteiger partial charge in [-0.15, -0.1) is 0 Å². The van der Waals surface area contributed by atoms with Gasteiger partial charge in [-0.25, -0.2) is 19.9 Å². The Morgan fingerprint density at radius 2 is 2.19 bits per heavy atom. The number of nitrogens with one attached hydrogen (secondary N) is 1. The summed E-state index contributed by atoms with van der Waals surface area (Å²) < 4.78 is 1.85. The van der Waals surface area contributed by atoms with Crippen LogP contribution in [0, 0.1) is 0 Å². The van der Waals surface area contributed by atoms with Gasteiger partial charge in [-0.2, -0.15) is 0 Å². The van der Waals surface area contributed by atoms with E-state index in [0.717, 1.165) is 17.5 Å². The Morgan fingerprint density at radius 3 is 3.00 bits per heavy atom. The number of hydrogen-bond acceptors (Lipinski definition) is 8. The van der Waals surface area contributed by atoms with Gasteiger partial charge in [0.25, 0.3) is 0 Å². The maximum Gasteiger partial charge on any atom is 0.140 e. The molecule has 2 atom stereocenters.